The molecule has 1 heterocycles. The fourth-order valence-corrected chi connectivity index (χ4v) is 5.61. The Bertz CT molecular complexity index is 1790. The first-order valence-corrected chi connectivity index (χ1v) is 15.4. The van der Waals surface area contributed by atoms with Crippen LogP contribution in [0.4, 0.5) is 24.5 Å². The number of aromatic nitrogens is 2. The molecule has 0 aliphatic rings. The summed E-state index contributed by atoms with van der Waals surface area (Å²) in [6, 6.07) is 19.6. The van der Waals surface area contributed by atoms with Gasteiger partial charge in [0.05, 0.1) is 40.5 Å². The number of Topliss-reactive ketones (excluding diaryl/α,β-unsaturated/α-hetero) is 1. The molecule has 0 radical (unpaired) electrons. The summed E-state index contributed by atoms with van der Waals surface area (Å²) in [4.78, 5) is 30.2. The number of carbonyl (C=O) groups is 1. The summed E-state index contributed by atoms with van der Waals surface area (Å²) in [5.74, 6) is -1.10. The van der Waals surface area contributed by atoms with Gasteiger partial charge in [-0.3, -0.25) is 14.9 Å². The number of halogens is 3. The van der Waals surface area contributed by atoms with E-state index in [-0.39, 0.29) is 41.0 Å². The lowest BCUT2D eigenvalue weighted by Gasteiger charge is -2.37. The summed E-state index contributed by atoms with van der Waals surface area (Å²) in [5.41, 5.74) is 8.09. The van der Waals surface area contributed by atoms with Gasteiger partial charge in [-0.05, 0) is 66.0 Å². The molecular formula is C34H34F3N7O3S. The number of nitrogens with two attached hydrogens (primary N) is 1. The van der Waals surface area contributed by atoms with Crippen molar-refractivity contribution in [3.05, 3.63) is 123 Å². The molecule has 0 fully saturated rings. The summed E-state index contributed by atoms with van der Waals surface area (Å²) in [6.07, 6.45) is -2.34. The lowest BCUT2D eigenvalue weighted by Crippen LogP contribution is -2.53. The van der Waals surface area contributed by atoms with Crippen LogP contribution in [0.1, 0.15) is 48.2 Å². The number of carbonyl (C=O) groups excluding carboxylic acids is 1. The largest absolute Gasteiger partial charge is 0.416 e. The smallest absolute Gasteiger partial charge is 0.333 e. The van der Waals surface area contributed by atoms with Gasteiger partial charge in [-0.2, -0.15) is 18.4 Å². The first kappa shape index (κ1) is 35.7. The highest BCUT2D eigenvalue weighted by Crippen LogP contribution is 2.33. The van der Waals surface area contributed by atoms with Gasteiger partial charge in [0.15, 0.2) is 5.11 Å². The number of alkyl halides is 3. The second-order valence-electron chi connectivity index (χ2n) is 11.7. The van der Waals surface area contributed by atoms with Gasteiger partial charge in [0.1, 0.15) is 5.78 Å². The normalized spacial score (nSPS) is 12.6. The summed E-state index contributed by atoms with van der Waals surface area (Å²) >= 11 is 5.68. The fraction of sp³-hybridized carbons (Fsp3) is 0.294. The second-order valence-corrected chi connectivity index (χ2v) is 12.1. The van der Waals surface area contributed by atoms with E-state index in [0.29, 0.717) is 29.9 Å². The molecule has 14 heteroatoms. The van der Waals surface area contributed by atoms with Crippen LogP contribution in [0, 0.1) is 33.3 Å². The van der Waals surface area contributed by atoms with Crippen molar-refractivity contribution in [2.24, 2.45) is 17.6 Å². The molecule has 2 atom stereocenters. The summed E-state index contributed by atoms with van der Waals surface area (Å²) in [7, 11) is 0. The number of nitriles is 1. The number of anilines is 1. The average molecular weight is 678 g/mol. The Morgan fingerprint density at radius 1 is 1.12 bits per heavy atom. The minimum Gasteiger partial charge on any atom is -0.333 e. The molecule has 3 N–H and O–H groups in total. The Hall–Kier alpha value is -5.13. The first-order chi connectivity index (χ1) is 22.8. The van der Waals surface area contributed by atoms with E-state index in [4.69, 9.17) is 23.2 Å². The molecule has 0 saturated carbocycles. The highest BCUT2D eigenvalue weighted by molar-refractivity contribution is 7.80. The Morgan fingerprint density at radius 2 is 1.79 bits per heavy atom. The number of nitro groups is 1. The zero-order valence-corrected chi connectivity index (χ0v) is 27.0. The van der Waals surface area contributed by atoms with Crippen molar-refractivity contribution in [1.29, 1.82) is 5.26 Å². The van der Waals surface area contributed by atoms with E-state index in [0.717, 1.165) is 11.6 Å². The van der Waals surface area contributed by atoms with Crippen LogP contribution in [0.25, 0.3) is 0 Å². The second kappa shape index (κ2) is 15.6. The number of non-ortho nitro benzene ring substituents is 1. The van der Waals surface area contributed by atoms with Crippen molar-refractivity contribution in [2.75, 3.05) is 5.32 Å². The first-order valence-electron chi connectivity index (χ1n) is 15.0. The van der Waals surface area contributed by atoms with Crippen molar-refractivity contribution >= 4 is 34.5 Å². The maximum absolute atomic E-state index is 14.0. The minimum atomic E-state index is -4.65. The van der Waals surface area contributed by atoms with Crippen molar-refractivity contribution < 1.29 is 22.9 Å². The standard InChI is InChI=1S/C34H34F3N7O3S/c1-22(2)15-29(31(45)16-28-18-40-21-42(28)19-24-9-7-23(17-38)8-10-24)32(39)43(20-25-5-3-4-6-30(25)34(35,36)37)33(48)41-26-11-13-27(14-12-26)44(46)47/h3-14,18,21-22,29,32H,15-16,19-20,39H2,1-2H3,(H,41,48)/t29-,32?/m1/s1. The van der Waals surface area contributed by atoms with E-state index in [9.17, 15) is 28.1 Å². The maximum atomic E-state index is 14.0. The number of thiocarbonyl (C=S) groups is 1. The Labute approximate surface area is 281 Å². The van der Waals surface area contributed by atoms with E-state index in [1.54, 1.807) is 24.7 Å². The van der Waals surface area contributed by atoms with Gasteiger partial charge in [0.2, 0.25) is 0 Å². The Kier molecular flexibility index (Phi) is 11.6. The topological polar surface area (TPSA) is 143 Å². The predicted molar refractivity (Wildman–Crippen MR) is 178 cm³/mol. The van der Waals surface area contributed by atoms with E-state index < -0.39 is 28.7 Å². The van der Waals surface area contributed by atoms with Gasteiger partial charge >= 0.3 is 6.18 Å². The van der Waals surface area contributed by atoms with Crippen molar-refractivity contribution in [3.8, 4) is 6.07 Å². The number of hydrogen-bond acceptors (Lipinski definition) is 7. The van der Waals surface area contributed by atoms with Crippen molar-refractivity contribution in [2.45, 2.75) is 52.1 Å². The summed E-state index contributed by atoms with van der Waals surface area (Å²) in [6.45, 7) is 3.87. The van der Waals surface area contributed by atoms with Gasteiger partial charge in [0.25, 0.3) is 5.69 Å². The monoisotopic (exact) mass is 677 g/mol. The summed E-state index contributed by atoms with van der Waals surface area (Å²) in [5, 5.41) is 23.1. The molecule has 1 unspecified atom stereocenters. The lowest BCUT2D eigenvalue weighted by atomic mass is 9.88. The molecule has 3 aromatic carbocycles. The third-order valence-corrected chi connectivity index (χ3v) is 8.09. The third-order valence-electron chi connectivity index (χ3n) is 7.75. The number of rotatable bonds is 13. The van der Waals surface area contributed by atoms with Gasteiger partial charge in [0, 0.05) is 49.2 Å². The molecule has 0 bridgehead atoms. The van der Waals surface area contributed by atoms with Crippen LogP contribution in [0.5, 0.6) is 0 Å². The molecule has 1 aromatic heterocycles. The number of nitro benzene ring substituents is 1. The molecular weight excluding hydrogens is 643 g/mol. The summed E-state index contributed by atoms with van der Waals surface area (Å²) < 4.78 is 43.9. The van der Waals surface area contributed by atoms with E-state index in [1.807, 2.05) is 30.5 Å². The SMILES string of the molecule is CC(C)C[C@H](C(=O)Cc1cncn1Cc1ccc(C#N)cc1)C(N)N(Cc1ccccc1C(F)(F)F)C(=S)Nc1ccc([N+](=O)[O-])cc1. The molecule has 0 saturated heterocycles. The van der Waals surface area contributed by atoms with Crippen LogP contribution in [-0.4, -0.2) is 36.4 Å². The molecule has 4 aromatic rings. The molecule has 4 rings (SSSR count). The zero-order chi connectivity index (χ0) is 35.0. The molecule has 48 heavy (non-hydrogen) atoms. The number of nitrogens with zero attached hydrogens (tertiary/aromatic N) is 5. The number of benzene rings is 3. The maximum Gasteiger partial charge on any atom is 0.416 e. The van der Waals surface area contributed by atoms with E-state index >= 15 is 0 Å². The van der Waals surface area contributed by atoms with Gasteiger partial charge in [-0.25, -0.2) is 4.98 Å². The fourth-order valence-electron chi connectivity index (χ4n) is 5.31. The zero-order valence-electron chi connectivity index (χ0n) is 26.2. The van der Waals surface area contributed by atoms with Crippen molar-refractivity contribution in [1.82, 2.24) is 14.5 Å². The molecule has 0 aliphatic carbocycles. The lowest BCUT2D eigenvalue weighted by molar-refractivity contribution is -0.384. The van der Waals surface area contributed by atoms with Crippen LogP contribution in [0.15, 0.2) is 85.3 Å². The van der Waals surface area contributed by atoms with Gasteiger partial charge in [-0.15, -0.1) is 0 Å². The molecule has 250 valence electrons. The van der Waals surface area contributed by atoms with Gasteiger partial charge in [-0.1, -0.05) is 44.2 Å². The van der Waals surface area contributed by atoms with Crippen molar-refractivity contribution in [3.63, 3.8) is 0 Å². The van der Waals surface area contributed by atoms with Crippen LogP contribution in [-0.2, 0) is 30.5 Å². The average Bonchev–Trinajstić information content (AvgIpc) is 3.48. The number of hydrogen-bond donors (Lipinski definition) is 2. The van der Waals surface area contributed by atoms with Crippen LogP contribution >= 0.6 is 12.2 Å². The van der Waals surface area contributed by atoms with Crippen LogP contribution in [0.3, 0.4) is 0 Å². The van der Waals surface area contributed by atoms with Crippen LogP contribution < -0.4 is 11.1 Å². The molecule has 10 nitrogen and oxygen atoms in total. The highest BCUT2D eigenvalue weighted by atomic mass is 32.1. The quantitative estimate of drug-likeness (QED) is 0.0685. The van der Waals surface area contributed by atoms with Crippen LogP contribution in [0.2, 0.25) is 0 Å². The Morgan fingerprint density at radius 3 is 2.40 bits per heavy atom. The van der Waals surface area contributed by atoms with Gasteiger partial charge < -0.3 is 20.5 Å². The molecule has 0 spiro atoms. The van der Waals surface area contributed by atoms with E-state index in [1.165, 1.54) is 47.4 Å². The number of imidazole rings is 1. The van der Waals surface area contributed by atoms with E-state index in [2.05, 4.69) is 16.4 Å². The highest BCUT2D eigenvalue weighted by Gasteiger charge is 2.36. The Balaban J connectivity index is 1.65. The minimum absolute atomic E-state index is 0.00549. The molecule has 0 amide bonds. The predicted octanol–water partition coefficient (Wildman–Crippen LogP) is 6.69. The number of ketones is 1. The third kappa shape index (κ3) is 9.24. The molecule has 0 aliphatic heterocycles. The number of nitrogens with one attached hydrogen (secondary N) is 1.